The van der Waals surface area contributed by atoms with Crippen LogP contribution in [0.2, 0.25) is 0 Å². The average molecular weight is 620 g/mol. The van der Waals surface area contributed by atoms with Crippen LogP contribution in [0, 0.1) is 0 Å². The maximum absolute atomic E-state index is 13.4. The maximum Gasteiger partial charge on any atom is 0.416 e. The van der Waals surface area contributed by atoms with Gasteiger partial charge in [0.25, 0.3) is 0 Å². The number of halogens is 6. The molecule has 7 aromatic rings. The Morgan fingerprint density at radius 1 is 0.370 bits per heavy atom. The molecule has 1 aromatic heterocycles. The minimum atomic E-state index is -4.91. The molecule has 1 heterocycles. The second kappa shape index (κ2) is 11.2. The molecule has 7 heteroatoms. The number of benzene rings is 6. The van der Waals surface area contributed by atoms with Crippen molar-refractivity contribution in [3.05, 3.63) is 151 Å². The summed E-state index contributed by atoms with van der Waals surface area (Å²) < 4.78 is 80.2. The molecule has 0 aliphatic carbocycles. The Morgan fingerprint density at radius 2 is 0.848 bits per heavy atom. The Kier molecular flexibility index (Phi) is 7.12. The van der Waals surface area contributed by atoms with Crippen LogP contribution in [0.15, 0.2) is 140 Å². The molecule has 0 fully saturated rings. The summed E-state index contributed by atoms with van der Waals surface area (Å²) in [4.78, 5) is 4.57. The van der Waals surface area contributed by atoms with E-state index in [1.54, 1.807) is 30.5 Å². The lowest BCUT2D eigenvalue weighted by Crippen LogP contribution is -2.11. The minimum absolute atomic E-state index is 0.137. The number of hydrogen-bond donors (Lipinski definition) is 0. The summed E-state index contributed by atoms with van der Waals surface area (Å²) in [5.41, 5.74) is 4.24. The Balaban J connectivity index is 1.18. The molecule has 0 atom stereocenters. The summed E-state index contributed by atoms with van der Waals surface area (Å²) >= 11 is 0. The second-order valence-corrected chi connectivity index (χ2v) is 11.1. The average Bonchev–Trinajstić information content (AvgIpc) is 3.07. The molecule has 0 amide bonds. The van der Waals surface area contributed by atoms with Gasteiger partial charge in [0.2, 0.25) is 0 Å². The molecule has 0 spiro atoms. The predicted octanol–water partition coefficient (Wildman–Crippen LogP) is 12.1. The van der Waals surface area contributed by atoms with Crippen LogP contribution in [0.4, 0.5) is 26.3 Å². The lowest BCUT2D eigenvalue weighted by atomic mass is 9.94. The van der Waals surface area contributed by atoms with Gasteiger partial charge in [-0.3, -0.25) is 4.98 Å². The van der Waals surface area contributed by atoms with Crippen LogP contribution in [-0.4, -0.2) is 4.98 Å². The predicted molar refractivity (Wildman–Crippen MR) is 171 cm³/mol. The lowest BCUT2D eigenvalue weighted by molar-refractivity contribution is -0.143. The van der Waals surface area contributed by atoms with E-state index in [9.17, 15) is 26.3 Å². The Bertz CT molecular complexity index is 2180. The monoisotopic (exact) mass is 619 g/mol. The van der Waals surface area contributed by atoms with Gasteiger partial charge in [-0.05, 0) is 86.1 Å². The first-order valence-corrected chi connectivity index (χ1v) is 14.4. The van der Waals surface area contributed by atoms with Crippen molar-refractivity contribution in [1.82, 2.24) is 4.98 Å². The largest absolute Gasteiger partial charge is 0.416 e. The summed E-state index contributed by atoms with van der Waals surface area (Å²) in [6, 6.07) is 38.7. The second-order valence-electron chi connectivity index (χ2n) is 11.1. The van der Waals surface area contributed by atoms with Crippen molar-refractivity contribution < 1.29 is 26.3 Å². The fourth-order valence-corrected chi connectivity index (χ4v) is 5.76. The highest BCUT2D eigenvalue weighted by Crippen LogP contribution is 2.39. The number of fused-ring (bicyclic) bond motifs is 2. The molecule has 0 N–H and O–H groups in total. The number of rotatable bonds is 4. The van der Waals surface area contributed by atoms with E-state index in [2.05, 4.69) is 47.4 Å². The molecular formula is C39H23F6N. The Hall–Kier alpha value is -5.43. The third-order valence-electron chi connectivity index (χ3n) is 8.14. The van der Waals surface area contributed by atoms with E-state index >= 15 is 0 Å². The highest BCUT2D eigenvalue weighted by molar-refractivity contribution is 5.94. The van der Waals surface area contributed by atoms with Gasteiger partial charge in [-0.25, -0.2) is 0 Å². The van der Waals surface area contributed by atoms with Crippen molar-refractivity contribution in [2.75, 3.05) is 0 Å². The van der Waals surface area contributed by atoms with Crippen LogP contribution in [0.1, 0.15) is 11.1 Å². The number of alkyl halides is 6. The van der Waals surface area contributed by atoms with Gasteiger partial charge in [0.1, 0.15) is 0 Å². The van der Waals surface area contributed by atoms with Crippen LogP contribution in [0.3, 0.4) is 0 Å². The van der Waals surface area contributed by atoms with Gasteiger partial charge in [-0.2, -0.15) is 26.3 Å². The van der Waals surface area contributed by atoms with E-state index in [0.717, 1.165) is 67.2 Å². The first-order chi connectivity index (χ1) is 22.0. The quantitative estimate of drug-likeness (QED) is 0.179. The summed E-state index contributed by atoms with van der Waals surface area (Å²) in [5.74, 6) is 0. The van der Waals surface area contributed by atoms with Crippen molar-refractivity contribution in [2.24, 2.45) is 0 Å². The highest BCUT2D eigenvalue weighted by atomic mass is 19.4. The minimum Gasteiger partial charge on any atom is -0.256 e. The molecule has 0 saturated heterocycles. The topological polar surface area (TPSA) is 12.9 Å². The lowest BCUT2D eigenvalue weighted by Gasteiger charge is -2.14. The van der Waals surface area contributed by atoms with Gasteiger partial charge >= 0.3 is 12.4 Å². The molecule has 46 heavy (non-hydrogen) atoms. The van der Waals surface area contributed by atoms with E-state index in [-0.39, 0.29) is 17.2 Å². The van der Waals surface area contributed by atoms with Gasteiger partial charge in [0.05, 0.1) is 16.6 Å². The fraction of sp³-hybridized carbons (Fsp3) is 0.0513. The van der Waals surface area contributed by atoms with Gasteiger partial charge in [0.15, 0.2) is 0 Å². The first-order valence-electron chi connectivity index (χ1n) is 14.4. The molecule has 0 aliphatic heterocycles. The molecule has 6 aromatic carbocycles. The highest BCUT2D eigenvalue weighted by Gasteiger charge is 2.37. The zero-order chi connectivity index (χ0) is 32.1. The summed E-state index contributed by atoms with van der Waals surface area (Å²) in [6.07, 6.45) is -8.02. The Labute approximate surface area is 260 Å². The third-order valence-corrected chi connectivity index (χ3v) is 8.14. The molecule has 0 radical (unpaired) electrons. The van der Waals surface area contributed by atoms with Crippen molar-refractivity contribution in [1.29, 1.82) is 0 Å². The first kappa shape index (κ1) is 29.3. The SMILES string of the molecule is FC(F)(F)c1cc(-c2ccc(-c3ccc4ccc(-c5ccc(-c6cccc7cccnc67)cc5)cc4c3)cc2)cc(C(F)(F)F)c1. The molecule has 0 unspecified atom stereocenters. The van der Waals surface area contributed by atoms with Crippen molar-refractivity contribution in [2.45, 2.75) is 12.4 Å². The molecule has 0 saturated carbocycles. The van der Waals surface area contributed by atoms with Gasteiger partial charge in [0, 0.05) is 17.1 Å². The normalized spacial score (nSPS) is 12.1. The molecular weight excluding hydrogens is 596 g/mol. The maximum atomic E-state index is 13.4. The van der Waals surface area contributed by atoms with E-state index < -0.39 is 23.5 Å². The van der Waals surface area contributed by atoms with Crippen molar-refractivity contribution in [3.63, 3.8) is 0 Å². The standard InChI is InChI=1S/C39H23F6N/c40-38(41,42)34-21-33(22-35(23-34)39(43,44)45)27-8-6-24(7-9-27)30-16-12-26-13-17-31(20-32(26)19-30)25-10-14-28(15-11-25)36-5-1-3-29-4-2-18-46-37(29)36/h1-23H. The zero-order valence-corrected chi connectivity index (χ0v) is 24.0. The zero-order valence-electron chi connectivity index (χ0n) is 24.0. The molecule has 0 aliphatic rings. The van der Waals surface area contributed by atoms with Crippen molar-refractivity contribution in [3.8, 4) is 44.5 Å². The number of hydrogen-bond acceptors (Lipinski definition) is 1. The van der Waals surface area contributed by atoms with Crippen LogP contribution < -0.4 is 0 Å². The van der Waals surface area contributed by atoms with Crippen LogP contribution in [-0.2, 0) is 12.4 Å². The van der Waals surface area contributed by atoms with Crippen molar-refractivity contribution >= 4 is 21.7 Å². The van der Waals surface area contributed by atoms with Crippen LogP contribution >= 0.6 is 0 Å². The number of aromatic nitrogens is 1. The molecule has 226 valence electrons. The molecule has 1 nitrogen and oxygen atoms in total. The van der Waals surface area contributed by atoms with Gasteiger partial charge in [-0.15, -0.1) is 0 Å². The Morgan fingerprint density at radius 3 is 1.39 bits per heavy atom. The fourth-order valence-electron chi connectivity index (χ4n) is 5.76. The van der Waals surface area contributed by atoms with E-state index in [4.69, 9.17) is 0 Å². The molecule has 0 bridgehead atoms. The smallest absolute Gasteiger partial charge is 0.256 e. The number of nitrogens with zero attached hydrogens (tertiary/aromatic N) is 1. The summed E-state index contributed by atoms with van der Waals surface area (Å²) in [6.45, 7) is 0. The van der Waals surface area contributed by atoms with Gasteiger partial charge < -0.3 is 0 Å². The van der Waals surface area contributed by atoms with E-state index in [1.165, 1.54) is 0 Å². The van der Waals surface area contributed by atoms with Crippen LogP contribution in [0.25, 0.3) is 66.2 Å². The third kappa shape index (κ3) is 5.72. The summed E-state index contributed by atoms with van der Waals surface area (Å²) in [7, 11) is 0. The van der Waals surface area contributed by atoms with Crippen LogP contribution in [0.5, 0.6) is 0 Å². The van der Waals surface area contributed by atoms with Gasteiger partial charge in [-0.1, -0.05) is 97.1 Å². The summed E-state index contributed by atoms with van der Waals surface area (Å²) in [5, 5.41) is 3.11. The molecule has 7 rings (SSSR count). The number of pyridine rings is 1. The van der Waals surface area contributed by atoms with E-state index in [1.807, 2.05) is 48.5 Å². The van der Waals surface area contributed by atoms with E-state index in [0.29, 0.717) is 0 Å². The number of para-hydroxylation sites is 1.